The van der Waals surface area contributed by atoms with Gasteiger partial charge < -0.3 is 39.3 Å². The Labute approximate surface area is 273 Å². The van der Waals surface area contributed by atoms with E-state index in [-0.39, 0.29) is 25.0 Å². The second-order valence-corrected chi connectivity index (χ2v) is 12.7. The largest absolute Gasteiger partial charge is 0.368 e. The van der Waals surface area contributed by atoms with Crippen LogP contribution in [0, 0.1) is 0 Å². The normalized spacial score (nSPS) is 14.0. The minimum atomic E-state index is -1.76. The number of rotatable bonds is 32. The summed E-state index contributed by atoms with van der Waals surface area (Å²) in [4.78, 5) is 52.3. The molecule has 0 aliphatic carbocycles. The Balaban J connectivity index is 5.09. The van der Waals surface area contributed by atoms with Crippen LogP contribution in [0.1, 0.15) is 155 Å². The van der Waals surface area contributed by atoms with E-state index in [0.29, 0.717) is 71.0 Å². The second-order valence-electron chi connectivity index (χ2n) is 12.7. The van der Waals surface area contributed by atoms with Crippen molar-refractivity contribution in [3.8, 4) is 0 Å². The van der Waals surface area contributed by atoms with Crippen molar-refractivity contribution in [1.82, 2.24) is 10.6 Å². The van der Waals surface area contributed by atoms with E-state index in [1.165, 1.54) is 57.8 Å². The fourth-order valence-corrected chi connectivity index (χ4v) is 5.55. The van der Waals surface area contributed by atoms with Gasteiger partial charge in [-0.25, -0.2) is 0 Å². The summed E-state index contributed by atoms with van der Waals surface area (Å²) < 4.78 is 0. The standard InChI is InChI=1S/C34H69N7O4/c1-2-3-4-5-6-7-8-9-10-11-12-13-14-23-30(42)34(39,24-17-20-27-37)33(45)41-29(22-16-19-26-36)32(44)40-28(31(38)43)21-15-18-25-35/h28-29H,2-27,35-37,39H2,1H3,(H2,38,43)(H,40,44)(H,41,45)/t28-,29-,34+/m0/s1. The molecule has 3 amide bonds. The number of nitrogens with one attached hydrogen (secondary N) is 2. The predicted molar refractivity (Wildman–Crippen MR) is 184 cm³/mol. The van der Waals surface area contributed by atoms with E-state index < -0.39 is 35.3 Å². The lowest BCUT2D eigenvalue weighted by atomic mass is 9.85. The number of primary amides is 1. The Morgan fingerprint density at radius 1 is 0.578 bits per heavy atom. The topological polar surface area (TPSA) is 222 Å². The fraction of sp³-hybridized carbons (Fsp3) is 0.882. The third kappa shape index (κ3) is 20.6. The zero-order chi connectivity index (χ0) is 33.8. The lowest BCUT2D eigenvalue weighted by Gasteiger charge is -2.30. The summed E-state index contributed by atoms with van der Waals surface area (Å²) in [5.41, 5.74) is 27.2. The minimum absolute atomic E-state index is 0.146. The molecule has 0 aliphatic rings. The monoisotopic (exact) mass is 640 g/mol. The van der Waals surface area contributed by atoms with Gasteiger partial charge in [0.2, 0.25) is 17.7 Å². The van der Waals surface area contributed by atoms with Crippen LogP contribution in [0.25, 0.3) is 0 Å². The van der Waals surface area contributed by atoms with Crippen LogP contribution in [0.4, 0.5) is 0 Å². The number of ketones is 1. The molecule has 45 heavy (non-hydrogen) atoms. The van der Waals surface area contributed by atoms with Gasteiger partial charge in [-0.3, -0.25) is 19.2 Å². The summed E-state index contributed by atoms with van der Waals surface area (Å²) in [5.74, 6) is -2.19. The summed E-state index contributed by atoms with van der Waals surface area (Å²) >= 11 is 0. The average Bonchev–Trinajstić information content (AvgIpc) is 3.02. The van der Waals surface area contributed by atoms with E-state index in [0.717, 1.165) is 19.3 Å². The van der Waals surface area contributed by atoms with Gasteiger partial charge in [0.1, 0.15) is 12.1 Å². The highest BCUT2D eigenvalue weighted by molar-refractivity contribution is 6.11. The molecule has 0 heterocycles. The van der Waals surface area contributed by atoms with Gasteiger partial charge in [-0.15, -0.1) is 0 Å². The molecule has 0 aromatic heterocycles. The zero-order valence-corrected chi connectivity index (χ0v) is 28.6. The van der Waals surface area contributed by atoms with Gasteiger partial charge in [0.05, 0.1) is 0 Å². The molecule has 0 bridgehead atoms. The van der Waals surface area contributed by atoms with Gasteiger partial charge in [0, 0.05) is 6.42 Å². The van der Waals surface area contributed by atoms with Crippen molar-refractivity contribution in [2.75, 3.05) is 19.6 Å². The molecule has 0 spiro atoms. The number of Topliss-reactive ketones (excluding diaryl/α,β-unsaturated/α-hetero) is 1. The van der Waals surface area contributed by atoms with Crippen molar-refractivity contribution in [3.63, 3.8) is 0 Å². The molecule has 3 atom stereocenters. The lowest BCUT2D eigenvalue weighted by Crippen LogP contribution is -2.63. The summed E-state index contributed by atoms with van der Waals surface area (Å²) in [5, 5.41) is 5.42. The van der Waals surface area contributed by atoms with Crippen LogP contribution in [-0.2, 0) is 19.2 Å². The molecule has 0 unspecified atom stereocenters. The van der Waals surface area contributed by atoms with Crippen molar-refractivity contribution in [1.29, 1.82) is 0 Å². The van der Waals surface area contributed by atoms with Crippen LogP contribution in [0.3, 0.4) is 0 Å². The maximum Gasteiger partial charge on any atom is 0.248 e. The maximum absolute atomic E-state index is 13.6. The third-order valence-corrected chi connectivity index (χ3v) is 8.61. The number of amides is 3. The number of hydrogen-bond donors (Lipinski definition) is 7. The summed E-state index contributed by atoms with van der Waals surface area (Å²) in [6, 6.07) is -1.87. The molecule has 0 saturated carbocycles. The minimum Gasteiger partial charge on any atom is -0.368 e. The third-order valence-electron chi connectivity index (χ3n) is 8.61. The molecule has 0 aromatic carbocycles. The maximum atomic E-state index is 13.6. The Kier molecular flexibility index (Phi) is 26.9. The average molecular weight is 640 g/mol. The quantitative estimate of drug-likeness (QED) is 0.0424. The van der Waals surface area contributed by atoms with Crippen molar-refractivity contribution >= 4 is 23.5 Å². The zero-order valence-electron chi connectivity index (χ0n) is 28.6. The number of hydrogen-bond acceptors (Lipinski definition) is 8. The molecule has 0 fully saturated rings. The Morgan fingerprint density at radius 2 is 1.02 bits per heavy atom. The van der Waals surface area contributed by atoms with Crippen molar-refractivity contribution in [2.24, 2.45) is 28.7 Å². The molecule has 0 saturated heterocycles. The van der Waals surface area contributed by atoms with Crippen molar-refractivity contribution < 1.29 is 19.2 Å². The molecular formula is C34H69N7O4. The summed E-state index contributed by atoms with van der Waals surface area (Å²) in [7, 11) is 0. The highest BCUT2D eigenvalue weighted by Gasteiger charge is 2.42. The van der Waals surface area contributed by atoms with Gasteiger partial charge in [0.25, 0.3) is 0 Å². The molecular weight excluding hydrogens is 570 g/mol. The van der Waals surface area contributed by atoms with Gasteiger partial charge in [-0.1, -0.05) is 84.0 Å². The molecule has 264 valence electrons. The first-order valence-electron chi connectivity index (χ1n) is 18.0. The second kappa shape index (κ2) is 28.2. The molecule has 0 radical (unpaired) electrons. The predicted octanol–water partition coefficient (Wildman–Crippen LogP) is 3.58. The van der Waals surface area contributed by atoms with Crippen molar-refractivity contribution in [3.05, 3.63) is 0 Å². The van der Waals surface area contributed by atoms with Gasteiger partial charge in [-0.05, 0) is 83.8 Å². The van der Waals surface area contributed by atoms with E-state index in [1.807, 2.05) is 0 Å². The van der Waals surface area contributed by atoms with Gasteiger partial charge in [0.15, 0.2) is 11.3 Å². The summed E-state index contributed by atoms with van der Waals surface area (Å²) in [6.45, 7) is 3.56. The molecule has 0 aromatic rings. The smallest absolute Gasteiger partial charge is 0.248 e. The fourth-order valence-electron chi connectivity index (χ4n) is 5.55. The number of nitrogens with two attached hydrogens (primary N) is 5. The Hall–Kier alpha value is -2.08. The SMILES string of the molecule is CCCCCCCCCCCCCCCC(=O)[C@](N)(CCCCN)C(=O)N[C@@H](CCCCN)C(=O)N[C@@H](CCCCN)C(N)=O. The Bertz CT molecular complexity index is 799. The van der Waals surface area contributed by atoms with Crippen LogP contribution in [-0.4, -0.2) is 60.8 Å². The van der Waals surface area contributed by atoms with E-state index >= 15 is 0 Å². The van der Waals surface area contributed by atoms with E-state index in [9.17, 15) is 19.2 Å². The van der Waals surface area contributed by atoms with Crippen LogP contribution >= 0.6 is 0 Å². The van der Waals surface area contributed by atoms with Crippen LogP contribution < -0.4 is 39.3 Å². The van der Waals surface area contributed by atoms with Crippen molar-refractivity contribution in [2.45, 2.75) is 172 Å². The van der Waals surface area contributed by atoms with E-state index in [2.05, 4.69) is 17.6 Å². The molecule has 12 N–H and O–H groups in total. The van der Waals surface area contributed by atoms with Gasteiger partial charge in [-0.2, -0.15) is 0 Å². The molecule has 0 aliphatic heterocycles. The van der Waals surface area contributed by atoms with Crippen LogP contribution in [0.2, 0.25) is 0 Å². The first kappa shape index (κ1) is 42.9. The number of carbonyl (C=O) groups excluding carboxylic acids is 4. The molecule has 0 rings (SSSR count). The lowest BCUT2D eigenvalue weighted by molar-refractivity contribution is -0.139. The van der Waals surface area contributed by atoms with E-state index in [4.69, 9.17) is 28.7 Å². The highest BCUT2D eigenvalue weighted by Crippen LogP contribution is 2.19. The number of carbonyl (C=O) groups is 4. The number of unbranched alkanes of at least 4 members (excludes halogenated alkanes) is 15. The molecule has 11 nitrogen and oxygen atoms in total. The Morgan fingerprint density at radius 3 is 1.49 bits per heavy atom. The van der Waals surface area contributed by atoms with Crippen LogP contribution in [0.5, 0.6) is 0 Å². The van der Waals surface area contributed by atoms with E-state index in [1.54, 1.807) is 0 Å². The first-order valence-corrected chi connectivity index (χ1v) is 18.0. The highest BCUT2D eigenvalue weighted by atomic mass is 16.2. The summed E-state index contributed by atoms with van der Waals surface area (Å²) in [6.07, 6.45) is 20.2. The van der Waals surface area contributed by atoms with Gasteiger partial charge >= 0.3 is 0 Å². The first-order chi connectivity index (χ1) is 21.7. The molecule has 11 heteroatoms. The van der Waals surface area contributed by atoms with Crippen LogP contribution in [0.15, 0.2) is 0 Å².